The second kappa shape index (κ2) is 4.67. The Hall–Kier alpha value is -1.69. The Morgan fingerprint density at radius 2 is 2.35 bits per heavy atom. The Labute approximate surface area is 102 Å². The largest absolute Gasteiger partial charge is 0.497 e. The van der Waals surface area contributed by atoms with Crippen molar-refractivity contribution in [2.24, 2.45) is 5.92 Å². The smallest absolute Gasteiger partial charge is 0.127 e. The van der Waals surface area contributed by atoms with Gasteiger partial charge in [0, 0.05) is 11.8 Å². The molecule has 1 aromatic rings. The lowest BCUT2D eigenvalue weighted by Gasteiger charge is -2.28. The van der Waals surface area contributed by atoms with Crippen molar-refractivity contribution < 1.29 is 4.74 Å². The lowest BCUT2D eigenvalue weighted by atomic mass is 9.89. The van der Waals surface area contributed by atoms with Crippen molar-refractivity contribution >= 4 is 5.69 Å². The van der Waals surface area contributed by atoms with Gasteiger partial charge in [0.15, 0.2) is 0 Å². The minimum Gasteiger partial charge on any atom is -0.497 e. The van der Waals surface area contributed by atoms with Crippen LogP contribution in [0.25, 0.3) is 0 Å². The van der Waals surface area contributed by atoms with Gasteiger partial charge in [0.2, 0.25) is 0 Å². The minimum atomic E-state index is -0.410. The van der Waals surface area contributed by atoms with Gasteiger partial charge >= 0.3 is 0 Å². The maximum atomic E-state index is 9.43. The van der Waals surface area contributed by atoms with Crippen molar-refractivity contribution in [2.75, 3.05) is 12.4 Å². The topological polar surface area (TPSA) is 45.0 Å². The molecule has 2 atom stereocenters. The van der Waals surface area contributed by atoms with Gasteiger partial charge in [-0.2, -0.15) is 5.26 Å². The Morgan fingerprint density at radius 3 is 2.94 bits per heavy atom. The third-order valence-electron chi connectivity index (χ3n) is 3.69. The molecule has 0 amide bonds. The number of rotatable bonds is 3. The molecule has 1 aromatic carbocycles. The molecule has 0 saturated heterocycles. The van der Waals surface area contributed by atoms with E-state index in [1.165, 1.54) is 0 Å². The first-order valence-corrected chi connectivity index (χ1v) is 6.04. The normalized spacial score (nSPS) is 27.5. The first-order chi connectivity index (χ1) is 8.20. The Balaban J connectivity index is 2.21. The SMILES string of the molecule is COc1cccc(NC2(C#N)CCCC2C)c1. The van der Waals surface area contributed by atoms with Crippen LogP contribution < -0.4 is 10.1 Å². The van der Waals surface area contributed by atoms with E-state index >= 15 is 0 Å². The Morgan fingerprint density at radius 1 is 1.53 bits per heavy atom. The quantitative estimate of drug-likeness (QED) is 0.867. The van der Waals surface area contributed by atoms with Crippen LogP contribution in [0, 0.1) is 17.2 Å². The van der Waals surface area contributed by atoms with Crippen molar-refractivity contribution in [1.29, 1.82) is 5.26 Å². The van der Waals surface area contributed by atoms with Crippen molar-refractivity contribution in [2.45, 2.75) is 31.7 Å². The minimum absolute atomic E-state index is 0.388. The maximum absolute atomic E-state index is 9.43. The summed E-state index contributed by atoms with van der Waals surface area (Å²) in [6.07, 6.45) is 3.15. The van der Waals surface area contributed by atoms with Crippen LogP contribution in [-0.4, -0.2) is 12.6 Å². The summed E-state index contributed by atoms with van der Waals surface area (Å²) >= 11 is 0. The van der Waals surface area contributed by atoms with Crippen LogP contribution in [0.5, 0.6) is 5.75 Å². The highest BCUT2D eigenvalue weighted by molar-refractivity contribution is 5.52. The van der Waals surface area contributed by atoms with Crippen LogP contribution in [-0.2, 0) is 0 Å². The number of nitrogens with one attached hydrogen (secondary N) is 1. The number of hydrogen-bond acceptors (Lipinski definition) is 3. The van der Waals surface area contributed by atoms with Gasteiger partial charge in [-0.1, -0.05) is 13.0 Å². The first-order valence-electron chi connectivity index (χ1n) is 6.04. The van der Waals surface area contributed by atoms with E-state index in [2.05, 4.69) is 18.3 Å². The summed E-state index contributed by atoms with van der Waals surface area (Å²) in [5, 5.41) is 12.8. The zero-order valence-corrected chi connectivity index (χ0v) is 10.4. The van der Waals surface area contributed by atoms with E-state index < -0.39 is 5.54 Å². The molecule has 1 aliphatic carbocycles. The van der Waals surface area contributed by atoms with E-state index in [0.717, 1.165) is 30.7 Å². The number of nitrogens with zero attached hydrogens (tertiary/aromatic N) is 1. The van der Waals surface area contributed by atoms with Crippen molar-refractivity contribution in [3.05, 3.63) is 24.3 Å². The number of benzene rings is 1. The number of anilines is 1. The molecule has 0 heterocycles. The molecular formula is C14H18N2O. The number of methoxy groups -OCH3 is 1. The third kappa shape index (κ3) is 2.21. The number of hydrogen-bond donors (Lipinski definition) is 1. The summed E-state index contributed by atoms with van der Waals surface area (Å²) in [7, 11) is 1.65. The fourth-order valence-corrected chi connectivity index (χ4v) is 2.52. The predicted molar refractivity (Wildman–Crippen MR) is 68.0 cm³/mol. The van der Waals surface area contributed by atoms with Crippen LogP contribution >= 0.6 is 0 Å². The fourth-order valence-electron chi connectivity index (χ4n) is 2.52. The van der Waals surface area contributed by atoms with E-state index in [4.69, 9.17) is 4.74 Å². The van der Waals surface area contributed by atoms with Gasteiger partial charge in [0.1, 0.15) is 11.3 Å². The Kier molecular flexibility index (Phi) is 3.23. The zero-order valence-electron chi connectivity index (χ0n) is 10.4. The van der Waals surface area contributed by atoms with Gasteiger partial charge in [-0.25, -0.2) is 0 Å². The molecule has 0 aliphatic heterocycles. The van der Waals surface area contributed by atoms with Gasteiger partial charge in [0.25, 0.3) is 0 Å². The van der Waals surface area contributed by atoms with Crippen LogP contribution in [0.2, 0.25) is 0 Å². The summed E-state index contributed by atoms with van der Waals surface area (Å²) in [5.41, 5.74) is 0.548. The summed E-state index contributed by atoms with van der Waals surface area (Å²) in [5.74, 6) is 1.20. The monoisotopic (exact) mass is 230 g/mol. The van der Waals surface area contributed by atoms with Crippen molar-refractivity contribution in [1.82, 2.24) is 0 Å². The van der Waals surface area contributed by atoms with Crippen molar-refractivity contribution in [3.63, 3.8) is 0 Å². The second-order valence-corrected chi connectivity index (χ2v) is 4.73. The maximum Gasteiger partial charge on any atom is 0.127 e. The predicted octanol–water partition coefficient (Wildman–Crippen LogP) is 3.19. The van der Waals surface area contributed by atoms with Gasteiger partial charge < -0.3 is 10.1 Å². The molecule has 1 aliphatic rings. The van der Waals surface area contributed by atoms with Crippen LogP contribution in [0.4, 0.5) is 5.69 Å². The van der Waals surface area contributed by atoms with E-state index in [0.29, 0.717) is 5.92 Å². The average Bonchev–Trinajstić information content (AvgIpc) is 2.71. The molecule has 1 N–H and O–H groups in total. The molecule has 3 heteroatoms. The summed E-state index contributed by atoms with van der Waals surface area (Å²) < 4.78 is 5.19. The zero-order chi connectivity index (χ0) is 12.3. The summed E-state index contributed by atoms with van der Waals surface area (Å²) in [6, 6.07) is 10.2. The van der Waals surface area contributed by atoms with Gasteiger partial charge in [-0.3, -0.25) is 0 Å². The summed E-state index contributed by atoms with van der Waals surface area (Å²) in [4.78, 5) is 0. The molecule has 3 nitrogen and oxygen atoms in total. The molecule has 0 bridgehead atoms. The highest BCUT2D eigenvalue weighted by atomic mass is 16.5. The third-order valence-corrected chi connectivity index (χ3v) is 3.69. The fraction of sp³-hybridized carbons (Fsp3) is 0.500. The number of nitriles is 1. The molecule has 0 radical (unpaired) electrons. The lowest BCUT2D eigenvalue weighted by Crippen LogP contribution is -2.39. The van der Waals surface area contributed by atoms with E-state index in [1.54, 1.807) is 7.11 Å². The summed E-state index contributed by atoms with van der Waals surface area (Å²) in [6.45, 7) is 2.14. The van der Waals surface area contributed by atoms with Gasteiger partial charge in [-0.05, 0) is 37.3 Å². The second-order valence-electron chi connectivity index (χ2n) is 4.73. The molecule has 0 spiro atoms. The average molecular weight is 230 g/mol. The molecular weight excluding hydrogens is 212 g/mol. The standard InChI is InChI=1S/C14H18N2O/c1-11-5-4-8-14(11,10-15)16-12-6-3-7-13(9-12)17-2/h3,6-7,9,11,16H,4-5,8H2,1-2H3. The molecule has 1 saturated carbocycles. The van der Waals surface area contributed by atoms with E-state index in [9.17, 15) is 5.26 Å². The lowest BCUT2D eigenvalue weighted by molar-refractivity contribution is 0.414. The first kappa shape index (κ1) is 11.8. The Bertz CT molecular complexity index is 438. The van der Waals surface area contributed by atoms with Crippen LogP contribution in [0.15, 0.2) is 24.3 Å². The molecule has 0 aromatic heterocycles. The number of ether oxygens (including phenoxy) is 1. The van der Waals surface area contributed by atoms with Gasteiger partial charge in [0.05, 0.1) is 13.2 Å². The molecule has 2 rings (SSSR count). The van der Waals surface area contributed by atoms with E-state index in [1.807, 2.05) is 24.3 Å². The van der Waals surface area contributed by atoms with Crippen LogP contribution in [0.3, 0.4) is 0 Å². The highest BCUT2D eigenvalue weighted by Crippen LogP contribution is 2.38. The van der Waals surface area contributed by atoms with Gasteiger partial charge in [-0.15, -0.1) is 0 Å². The van der Waals surface area contributed by atoms with E-state index in [-0.39, 0.29) is 0 Å². The molecule has 1 fully saturated rings. The van der Waals surface area contributed by atoms with Crippen LogP contribution in [0.1, 0.15) is 26.2 Å². The molecule has 2 unspecified atom stereocenters. The van der Waals surface area contributed by atoms with Crippen molar-refractivity contribution in [3.8, 4) is 11.8 Å². The molecule has 17 heavy (non-hydrogen) atoms. The molecule has 90 valence electrons. The highest BCUT2D eigenvalue weighted by Gasteiger charge is 2.40.